The second-order valence-electron chi connectivity index (χ2n) is 2.74. The predicted octanol–water partition coefficient (Wildman–Crippen LogP) is -0.255. The zero-order valence-corrected chi connectivity index (χ0v) is 9.09. The topological polar surface area (TPSA) is 74.3 Å². The number of rotatable bonds is 3. The maximum absolute atomic E-state index is 4.04. The van der Waals surface area contributed by atoms with E-state index in [0.29, 0.717) is 17.7 Å². The number of aryl methyl sites for hydroxylation is 1. The first kappa shape index (κ1) is 9.25. The Morgan fingerprint density at radius 3 is 2.79 bits per heavy atom. The molecule has 0 aliphatic heterocycles. The molecule has 2 rings (SSSR count). The molecule has 8 heteroatoms. The summed E-state index contributed by atoms with van der Waals surface area (Å²) in [6.45, 7) is 0.494. The SMILES string of the molecule is Cn1nnc(Cn2cc(CBr)nn2)n1. The second-order valence-corrected chi connectivity index (χ2v) is 3.30. The number of hydrogen-bond donors (Lipinski definition) is 0. The molecule has 0 aliphatic rings. The van der Waals surface area contributed by atoms with Crippen LogP contribution in [0.4, 0.5) is 0 Å². The van der Waals surface area contributed by atoms with Gasteiger partial charge in [0.25, 0.3) is 0 Å². The van der Waals surface area contributed by atoms with Crippen molar-refractivity contribution in [2.45, 2.75) is 11.9 Å². The fourth-order valence-corrected chi connectivity index (χ4v) is 1.27. The van der Waals surface area contributed by atoms with Gasteiger partial charge in [0.2, 0.25) is 0 Å². The van der Waals surface area contributed by atoms with Gasteiger partial charge in [-0.2, -0.15) is 4.80 Å². The van der Waals surface area contributed by atoms with Gasteiger partial charge in [0.1, 0.15) is 6.54 Å². The Bertz CT molecular complexity index is 419. The third-order valence-electron chi connectivity index (χ3n) is 1.58. The number of alkyl halides is 1. The van der Waals surface area contributed by atoms with Crippen LogP contribution in [0.1, 0.15) is 11.5 Å². The number of tetrazole rings is 1. The van der Waals surface area contributed by atoms with Crippen molar-refractivity contribution in [1.82, 2.24) is 35.2 Å². The van der Waals surface area contributed by atoms with Crippen molar-refractivity contribution < 1.29 is 0 Å². The average molecular weight is 258 g/mol. The van der Waals surface area contributed by atoms with E-state index in [-0.39, 0.29) is 0 Å². The lowest BCUT2D eigenvalue weighted by Crippen LogP contribution is -2.03. The summed E-state index contributed by atoms with van der Waals surface area (Å²) >= 11 is 3.30. The lowest BCUT2D eigenvalue weighted by Gasteiger charge is -1.91. The standard InChI is InChI=1S/C6H8BrN7/c1-13-10-6(9-11-13)4-14-3-5(2-7)8-12-14/h3H,2,4H2,1H3. The number of halogens is 1. The van der Waals surface area contributed by atoms with Crippen molar-refractivity contribution in [3.63, 3.8) is 0 Å². The second kappa shape index (κ2) is 3.82. The minimum Gasteiger partial charge on any atom is -0.244 e. The van der Waals surface area contributed by atoms with E-state index in [2.05, 4.69) is 41.7 Å². The van der Waals surface area contributed by atoms with Gasteiger partial charge in [0, 0.05) is 11.5 Å². The van der Waals surface area contributed by atoms with Crippen molar-refractivity contribution in [3.05, 3.63) is 17.7 Å². The molecule has 0 radical (unpaired) electrons. The normalized spacial score (nSPS) is 10.7. The molecule has 0 atom stereocenters. The summed E-state index contributed by atoms with van der Waals surface area (Å²) in [6.07, 6.45) is 1.84. The Labute approximate surface area is 88.2 Å². The summed E-state index contributed by atoms with van der Waals surface area (Å²) in [5.41, 5.74) is 0.883. The molecule has 0 bridgehead atoms. The fourth-order valence-electron chi connectivity index (χ4n) is 1.01. The maximum atomic E-state index is 4.04. The fraction of sp³-hybridized carbons (Fsp3) is 0.500. The van der Waals surface area contributed by atoms with E-state index in [0.717, 1.165) is 5.69 Å². The monoisotopic (exact) mass is 257 g/mol. The van der Waals surface area contributed by atoms with Crippen molar-refractivity contribution in [2.75, 3.05) is 0 Å². The Balaban J connectivity index is 2.10. The van der Waals surface area contributed by atoms with Gasteiger partial charge in [0.15, 0.2) is 5.82 Å². The molecule has 0 aliphatic carbocycles. The Morgan fingerprint density at radius 1 is 1.36 bits per heavy atom. The molecule has 74 valence electrons. The molecule has 0 spiro atoms. The summed E-state index contributed by atoms with van der Waals surface area (Å²) in [7, 11) is 1.72. The first-order valence-corrected chi connectivity index (χ1v) is 5.08. The van der Waals surface area contributed by atoms with Crippen LogP contribution in [0.2, 0.25) is 0 Å². The van der Waals surface area contributed by atoms with Crippen LogP contribution in [0.5, 0.6) is 0 Å². The molecule has 0 fully saturated rings. The smallest absolute Gasteiger partial charge is 0.196 e. The molecule has 2 aromatic rings. The van der Waals surface area contributed by atoms with E-state index >= 15 is 0 Å². The van der Waals surface area contributed by atoms with E-state index in [4.69, 9.17) is 0 Å². The average Bonchev–Trinajstić information content (AvgIpc) is 2.76. The highest BCUT2D eigenvalue weighted by atomic mass is 79.9. The van der Waals surface area contributed by atoms with Gasteiger partial charge in [-0.1, -0.05) is 21.1 Å². The minimum atomic E-state index is 0.494. The van der Waals surface area contributed by atoms with E-state index in [9.17, 15) is 0 Å². The Hall–Kier alpha value is -1.31. The zero-order chi connectivity index (χ0) is 9.97. The van der Waals surface area contributed by atoms with Crippen LogP contribution >= 0.6 is 15.9 Å². The van der Waals surface area contributed by atoms with Crippen LogP contribution in [0.3, 0.4) is 0 Å². The van der Waals surface area contributed by atoms with Crippen LogP contribution in [0, 0.1) is 0 Å². The van der Waals surface area contributed by atoms with Gasteiger partial charge in [-0.3, -0.25) is 0 Å². The molecular weight excluding hydrogens is 250 g/mol. The van der Waals surface area contributed by atoms with Crippen LogP contribution in [-0.4, -0.2) is 35.2 Å². The van der Waals surface area contributed by atoms with Gasteiger partial charge in [0.05, 0.1) is 12.7 Å². The van der Waals surface area contributed by atoms with E-state index in [1.165, 1.54) is 4.80 Å². The predicted molar refractivity (Wildman–Crippen MR) is 50.6 cm³/mol. The third-order valence-corrected chi connectivity index (χ3v) is 2.15. The quantitative estimate of drug-likeness (QED) is 0.709. The summed E-state index contributed by atoms with van der Waals surface area (Å²) in [5, 5.41) is 20.1. The molecule has 0 amide bonds. The number of hydrogen-bond acceptors (Lipinski definition) is 5. The lowest BCUT2D eigenvalue weighted by atomic mass is 10.5. The molecule has 2 heterocycles. The van der Waals surface area contributed by atoms with Crippen molar-refractivity contribution in [3.8, 4) is 0 Å². The molecule has 14 heavy (non-hydrogen) atoms. The van der Waals surface area contributed by atoms with Crippen LogP contribution in [0.25, 0.3) is 0 Å². The summed E-state index contributed by atoms with van der Waals surface area (Å²) < 4.78 is 1.67. The third kappa shape index (κ3) is 1.95. The highest BCUT2D eigenvalue weighted by Crippen LogP contribution is 2.00. The van der Waals surface area contributed by atoms with Gasteiger partial charge >= 0.3 is 0 Å². The number of nitrogens with zero attached hydrogens (tertiary/aromatic N) is 7. The largest absolute Gasteiger partial charge is 0.244 e. The first-order valence-electron chi connectivity index (χ1n) is 3.96. The van der Waals surface area contributed by atoms with Gasteiger partial charge in [-0.05, 0) is 5.21 Å². The van der Waals surface area contributed by atoms with E-state index in [1.54, 1.807) is 11.7 Å². The molecule has 0 saturated heterocycles. The van der Waals surface area contributed by atoms with Gasteiger partial charge in [-0.25, -0.2) is 4.68 Å². The molecular formula is C6H8BrN7. The maximum Gasteiger partial charge on any atom is 0.196 e. The summed E-state index contributed by atoms with van der Waals surface area (Å²) in [5.74, 6) is 0.624. The van der Waals surface area contributed by atoms with Crippen molar-refractivity contribution in [2.24, 2.45) is 7.05 Å². The first-order chi connectivity index (χ1) is 6.78. The van der Waals surface area contributed by atoms with E-state index < -0.39 is 0 Å². The highest BCUT2D eigenvalue weighted by Gasteiger charge is 2.03. The Morgan fingerprint density at radius 2 is 2.21 bits per heavy atom. The van der Waals surface area contributed by atoms with Crippen LogP contribution in [0.15, 0.2) is 6.20 Å². The highest BCUT2D eigenvalue weighted by molar-refractivity contribution is 9.08. The molecule has 0 unspecified atom stereocenters. The van der Waals surface area contributed by atoms with Gasteiger partial charge < -0.3 is 0 Å². The molecule has 0 N–H and O–H groups in total. The molecule has 2 aromatic heterocycles. The molecule has 0 aromatic carbocycles. The van der Waals surface area contributed by atoms with Crippen molar-refractivity contribution >= 4 is 15.9 Å². The lowest BCUT2D eigenvalue weighted by molar-refractivity contribution is 0.607. The van der Waals surface area contributed by atoms with Crippen LogP contribution < -0.4 is 0 Å². The van der Waals surface area contributed by atoms with Gasteiger partial charge in [-0.15, -0.1) is 15.3 Å². The molecule has 0 saturated carbocycles. The number of aromatic nitrogens is 7. The van der Waals surface area contributed by atoms with Crippen molar-refractivity contribution in [1.29, 1.82) is 0 Å². The van der Waals surface area contributed by atoms with E-state index in [1.807, 2.05) is 6.20 Å². The Kier molecular flexibility index (Phi) is 2.53. The minimum absolute atomic E-state index is 0.494. The van der Waals surface area contributed by atoms with Crippen LogP contribution in [-0.2, 0) is 18.9 Å². The summed E-state index contributed by atoms with van der Waals surface area (Å²) in [6, 6.07) is 0. The zero-order valence-electron chi connectivity index (χ0n) is 7.50. The molecule has 7 nitrogen and oxygen atoms in total. The summed E-state index contributed by atoms with van der Waals surface area (Å²) in [4.78, 5) is 1.41.